The number of carbonyl (C=O) groups is 1. The zero-order valence-corrected chi connectivity index (χ0v) is 13.1. The van der Waals surface area contributed by atoms with E-state index in [-0.39, 0.29) is 17.9 Å². The lowest BCUT2D eigenvalue weighted by molar-refractivity contribution is -0.137. The average molecular weight is 333 g/mol. The summed E-state index contributed by atoms with van der Waals surface area (Å²) in [5.74, 6) is -0.252. The first-order chi connectivity index (χ1) is 11.4. The maximum absolute atomic E-state index is 12.8. The molecule has 0 radical (unpaired) electrons. The lowest BCUT2D eigenvalue weighted by Gasteiger charge is -2.43. The number of benzene rings is 2. The fourth-order valence-electron chi connectivity index (χ4n) is 3.13. The zero-order valence-electron chi connectivity index (χ0n) is 13.1. The van der Waals surface area contributed by atoms with E-state index in [1.54, 1.807) is 6.07 Å². The first-order valence-electron chi connectivity index (χ1n) is 7.92. The van der Waals surface area contributed by atoms with Gasteiger partial charge in [-0.3, -0.25) is 4.79 Å². The molecule has 2 nitrogen and oxygen atoms in total. The van der Waals surface area contributed by atoms with Crippen molar-refractivity contribution >= 4 is 5.91 Å². The van der Waals surface area contributed by atoms with Crippen LogP contribution in [0.15, 0.2) is 54.6 Å². The molecule has 3 rings (SSSR count). The van der Waals surface area contributed by atoms with E-state index in [9.17, 15) is 18.0 Å². The molecule has 1 N–H and O–H groups in total. The van der Waals surface area contributed by atoms with Gasteiger partial charge in [-0.1, -0.05) is 48.5 Å². The van der Waals surface area contributed by atoms with Gasteiger partial charge in [0.25, 0.3) is 0 Å². The molecule has 126 valence electrons. The normalized spacial score (nSPS) is 16.3. The third-order valence-corrected chi connectivity index (χ3v) is 4.53. The minimum absolute atomic E-state index is 0.0570. The van der Waals surface area contributed by atoms with Gasteiger partial charge in [0.05, 0.1) is 17.5 Å². The molecule has 0 unspecified atom stereocenters. The fraction of sp³-hybridized carbons (Fsp3) is 0.316. The maximum Gasteiger partial charge on any atom is 0.416 e. The highest BCUT2D eigenvalue weighted by atomic mass is 19.4. The summed E-state index contributed by atoms with van der Waals surface area (Å²) in [7, 11) is 0. The van der Waals surface area contributed by atoms with Crippen molar-refractivity contribution in [3.05, 3.63) is 71.3 Å². The molecule has 24 heavy (non-hydrogen) atoms. The van der Waals surface area contributed by atoms with E-state index < -0.39 is 11.7 Å². The summed E-state index contributed by atoms with van der Waals surface area (Å²) in [5, 5.41) is 3.03. The fourth-order valence-corrected chi connectivity index (χ4v) is 3.13. The second-order valence-electron chi connectivity index (χ2n) is 6.22. The standard InChI is InChI=1S/C19H18F3NO/c20-19(21,22)16-9-4-6-14(12-16)13-17(24)23-18(10-5-11-18)15-7-2-1-3-8-15/h1-4,6-9,12H,5,10-11,13H2,(H,23,24). The zero-order chi connectivity index (χ0) is 17.2. The molecule has 1 saturated carbocycles. The van der Waals surface area contributed by atoms with Crippen LogP contribution in [0.2, 0.25) is 0 Å². The van der Waals surface area contributed by atoms with Gasteiger partial charge < -0.3 is 5.32 Å². The van der Waals surface area contributed by atoms with E-state index in [0.29, 0.717) is 5.56 Å². The molecule has 0 spiro atoms. The van der Waals surface area contributed by atoms with Gasteiger partial charge >= 0.3 is 6.18 Å². The molecule has 5 heteroatoms. The van der Waals surface area contributed by atoms with Crippen LogP contribution in [0.4, 0.5) is 13.2 Å². The van der Waals surface area contributed by atoms with Crippen LogP contribution in [0.5, 0.6) is 0 Å². The van der Waals surface area contributed by atoms with Crippen molar-refractivity contribution in [2.24, 2.45) is 0 Å². The largest absolute Gasteiger partial charge is 0.416 e. The van der Waals surface area contributed by atoms with E-state index in [2.05, 4.69) is 5.32 Å². The lowest BCUT2D eigenvalue weighted by atomic mass is 9.71. The predicted molar refractivity (Wildman–Crippen MR) is 85.3 cm³/mol. The Kier molecular flexibility index (Phi) is 4.35. The highest BCUT2D eigenvalue weighted by molar-refractivity contribution is 5.79. The molecule has 0 atom stereocenters. The van der Waals surface area contributed by atoms with Crippen LogP contribution in [-0.2, 0) is 22.9 Å². The van der Waals surface area contributed by atoms with E-state index in [4.69, 9.17) is 0 Å². The van der Waals surface area contributed by atoms with Gasteiger partial charge in [-0.15, -0.1) is 0 Å². The van der Waals surface area contributed by atoms with Crippen LogP contribution in [0.25, 0.3) is 0 Å². The minimum atomic E-state index is -4.40. The smallest absolute Gasteiger partial charge is 0.346 e. The van der Waals surface area contributed by atoms with Crippen LogP contribution in [0.3, 0.4) is 0 Å². The van der Waals surface area contributed by atoms with Crippen LogP contribution < -0.4 is 5.32 Å². The van der Waals surface area contributed by atoms with Gasteiger partial charge in [-0.05, 0) is 36.5 Å². The van der Waals surface area contributed by atoms with Crippen molar-refractivity contribution in [1.82, 2.24) is 5.32 Å². The summed E-state index contributed by atoms with van der Waals surface area (Å²) in [4.78, 5) is 12.4. The number of carbonyl (C=O) groups excluding carboxylic acids is 1. The van der Waals surface area contributed by atoms with Gasteiger partial charge in [-0.2, -0.15) is 13.2 Å². The van der Waals surface area contributed by atoms with Crippen molar-refractivity contribution in [3.63, 3.8) is 0 Å². The number of amides is 1. The Hall–Kier alpha value is -2.30. The molecule has 1 aliphatic rings. The number of halogens is 3. The maximum atomic E-state index is 12.8. The summed E-state index contributed by atoms with van der Waals surface area (Å²) in [6.07, 6.45) is -1.72. The van der Waals surface area contributed by atoms with E-state index >= 15 is 0 Å². The van der Waals surface area contributed by atoms with Gasteiger partial charge in [0.15, 0.2) is 0 Å². The minimum Gasteiger partial charge on any atom is -0.346 e. The molecule has 1 aliphatic carbocycles. The Balaban J connectivity index is 1.72. The predicted octanol–water partition coefficient (Wildman–Crippen LogP) is 4.44. The molecule has 0 heterocycles. The quantitative estimate of drug-likeness (QED) is 0.880. The summed E-state index contributed by atoms with van der Waals surface area (Å²) < 4.78 is 38.3. The Bertz CT molecular complexity index is 721. The van der Waals surface area contributed by atoms with Gasteiger partial charge in [0.1, 0.15) is 0 Å². The molecule has 0 aliphatic heterocycles. The molecular formula is C19H18F3NO. The molecule has 2 aromatic carbocycles. The summed E-state index contributed by atoms with van der Waals surface area (Å²) >= 11 is 0. The topological polar surface area (TPSA) is 29.1 Å². The Morgan fingerprint density at radius 2 is 1.75 bits per heavy atom. The first kappa shape index (κ1) is 16.6. The number of rotatable bonds is 4. The van der Waals surface area contributed by atoms with Crippen molar-refractivity contribution < 1.29 is 18.0 Å². The molecular weight excluding hydrogens is 315 g/mol. The lowest BCUT2D eigenvalue weighted by Crippen LogP contribution is -2.51. The average Bonchev–Trinajstić information content (AvgIpc) is 2.51. The number of nitrogens with one attached hydrogen (secondary N) is 1. The summed E-state index contributed by atoms with van der Waals surface area (Å²) in [5.41, 5.74) is 0.313. The van der Waals surface area contributed by atoms with Crippen molar-refractivity contribution in [3.8, 4) is 0 Å². The number of hydrogen-bond acceptors (Lipinski definition) is 1. The van der Waals surface area contributed by atoms with Gasteiger partial charge in [-0.25, -0.2) is 0 Å². The summed E-state index contributed by atoms with van der Waals surface area (Å²) in [6, 6.07) is 14.7. The van der Waals surface area contributed by atoms with E-state index in [1.165, 1.54) is 6.07 Å². The second-order valence-corrected chi connectivity index (χ2v) is 6.22. The highest BCUT2D eigenvalue weighted by Crippen LogP contribution is 2.41. The highest BCUT2D eigenvalue weighted by Gasteiger charge is 2.39. The third-order valence-electron chi connectivity index (χ3n) is 4.53. The summed E-state index contributed by atoms with van der Waals surface area (Å²) in [6.45, 7) is 0. The van der Waals surface area contributed by atoms with Crippen molar-refractivity contribution in [1.29, 1.82) is 0 Å². The Morgan fingerprint density at radius 3 is 2.33 bits per heavy atom. The van der Waals surface area contributed by atoms with Crippen LogP contribution in [0.1, 0.15) is 36.0 Å². The monoisotopic (exact) mass is 333 g/mol. The second kappa shape index (κ2) is 6.30. The molecule has 1 amide bonds. The van der Waals surface area contributed by atoms with Crippen LogP contribution in [0, 0.1) is 0 Å². The first-order valence-corrected chi connectivity index (χ1v) is 7.92. The molecule has 1 fully saturated rings. The van der Waals surface area contributed by atoms with Crippen molar-refractivity contribution in [2.45, 2.75) is 37.4 Å². The molecule has 0 aromatic heterocycles. The van der Waals surface area contributed by atoms with E-state index in [1.807, 2.05) is 30.3 Å². The van der Waals surface area contributed by atoms with Gasteiger partial charge in [0, 0.05) is 0 Å². The third kappa shape index (κ3) is 3.45. The van der Waals surface area contributed by atoms with Crippen LogP contribution in [-0.4, -0.2) is 5.91 Å². The molecule has 0 saturated heterocycles. The van der Waals surface area contributed by atoms with Crippen molar-refractivity contribution in [2.75, 3.05) is 0 Å². The number of alkyl halides is 3. The Labute approximate surface area is 138 Å². The molecule has 0 bridgehead atoms. The van der Waals surface area contributed by atoms with E-state index in [0.717, 1.165) is 37.0 Å². The molecule has 2 aromatic rings. The Morgan fingerprint density at radius 1 is 1.04 bits per heavy atom. The van der Waals surface area contributed by atoms with Crippen LogP contribution >= 0.6 is 0 Å². The SMILES string of the molecule is O=C(Cc1cccc(C(F)(F)F)c1)NC1(c2ccccc2)CCC1. The number of hydrogen-bond donors (Lipinski definition) is 1. The van der Waals surface area contributed by atoms with Gasteiger partial charge in [0.2, 0.25) is 5.91 Å².